The number of ether oxygens (including phenoxy) is 1. The maximum atomic E-state index is 5.45. The molecule has 2 aromatic heterocycles. The van der Waals surface area contributed by atoms with Gasteiger partial charge in [-0.05, 0) is 49.9 Å². The second-order valence-corrected chi connectivity index (χ2v) is 9.42. The summed E-state index contributed by atoms with van der Waals surface area (Å²) in [5.74, 6) is 4.20. The van der Waals surface area contributed by atoms with Gasteiger partial charge in [-0.3, -0.25) is 0 Å². The molecule has 1 aliphatic carbocycles. The number of halogens is 1. The van der Waals surface area contributed by atoms with E-state index in [1.807, 2.05) is 24.6 Å². The average molecular weight is 462 g/mol. The molecular weight excluding hydrogens is 434 g/mol. The Morgan fingerprint density at radius 2 is 2.19 bits per heavy atom. The molecule has 0 N–H and O–H groups in total. The van der Waals surface area contributed by atoms with Gasteiger partial charge in [-0.25, -0.2) is 4.98 Å². The van der Waals surface area contributed by atoms with E-state index in [1.54, 1.807) is 18.9 Å². The Morgan fingerprint density at radius 3 is 2.97 bits per heavy atom. The number of methoxy groups -OCH3 is 1. The standard InChI is InChI=1S/C22H27N5O2S.ClH/c1-15-19(29-14-23-15)20-24-25-21(26(20)2)30-9-5-8-27-12-17-11-22(17,13-27)16-6-4-7-18(10-16)28-3;/h4,6-7,10,14,17H,5,8-9,11-13H2,1-3H3;1H/t17-,22+;/m1./s1. The molecule has 1 aromatic carbocycles. The van der Waals surface area contributed by atoms with E-state index in [4.69, 9.17) is 9.15 Å². The van der Waals surface area contributed by atoms with Crippen molar-refractivity contribution in [2.45, 2.75) is 30.3 Å². The van der Waals surface area contributed by atoms with Crippen LogP contribution in [0.5, 0.6) is 5.75 Å². The summed E-state index contributed by atoms with van der Waals surface area (Å²) in [6.07, 6.45) is 3.90. The molecular formula is C22H28ClN5O2S. The molecule has 2 aliphatic rings. The van der Waals surface area contributed by atoms with Crippen molar-refractivity contribution in [1.29, 1.82) is 0 Å². The van der Waals surface area contributed by atoms with Crippen LogP contribution in [0.2, 0.25) is 0 Å². The van der Waals surface area contributed by atoms with E-state index < -0.39 is 0 Å². The minimum Gasteiger partial charge on any atom is -0.497 e. The minimum absolute atomic E-state index is 0. The highest BCUT2D eigenvalue weighted by atomic mass is 35.5. The first kappa shape index (κ1) is 22.2. The second kappa shape index (κ2) is 8.84. The maximum absolute atomic E-state index is 5.45. The zero-order chi connectivity index (χ0) is 20.7. The van der Waals surface area contributed by atoms with Gasteiger partial charge < -0.3 is 18.6 Å². The van der Waals surface area contributed by atoms with E-state index in [0.717, 1.165) is 53.6 Å². The molecule has 0 spiro atoms. The van der Waals surface area contributed by atoms with Crippen molar-refractivity contribution in [2.75, 3.05) is 32.5 Å². The Kier molecular flexibility index (Phi) is 6.32. The Hall–Kier alpha value is -2.03. The van der Waals surface area contributed by atoms with E-state index in [0.29, 0.717) is 11.2 Å². The van der Waals surface area contributed by atoms with Gasteiger partial charge in [0.1, 0.15) is 5.75 Å². The third-order valence-corrected chi connectivity index (χ3v) is 7.60. The Balaban J connectivity index is 0.00000231. The van der Waals surface area contributed by atoms with Crippen molar-refractivity contribution < 1.29 is 9.15 Å². The minimum atomic E-state index is 0. The van der Waals surface area contributed by atoms with Crippen LogP contribution in [0.3, 0.4) is 0 Å². The number of piperidine rings is 1. The maximum Gasteiger partial charge on any atom is 0.202 e. The fraction of sp³-hybridized carbons (Fsp3) is 0.500. The fourth-order valence-electron chi connectivity index (χ4n) is 4.74. The lowest BCUT2D eigenvalue weighted by molar-refractivity contribution is 0.299. The summed E-state index contributed by atoms with van der Waals surface area (Å²) < 4.78 is 12.9. The van der Waals surface area contributed by atoms with Gasteiger partial charge in [-0.15, -0.1) is 22.6 Å². The number of oxazole rings is 1. The van der Waals surface area contributed by atoms with Gasteiger partial charge in [0.2, 0.25) is 5.82 Å². The highest BCUT2D eigenvalue weighted by Crippen LogP contribution is 2.59. The largest absolute Gasteiger partial charge is 0.497 e. The number of hydrogen-bond acceptors (Lipinski definition) is 7. The van der Waals surface area contributed by atoms with E-state index in [9.17, 15) is 0 Å². The third-order valence-electron chi connectivity index (χ3n) is 6.49. The summed E-state index contributed by atoms with van der Waals surface area (Å²) in [4.78, 5) is 6.76. The highest BCUT2D eigenvalue weighted by Gasteiger charge is 2.60. The summed E-state index contributed by atoms with van der Waals surface area (Å²) >= 11 is 1.75. The number of hydrogen-bond donors (Lipinski definition) is 0. The SMILES string of the molecule is COc1cccc([C@@]23C[C@@H]2CN(CCCSc2nnc(-c4ocnc4C)n2C)C3)c1.Cl. The van der Waals surface area contributed by atoms with Crippen LogP contribution in [-0.4, -0.2) is 57.1 Å². The Labute approximate surface area is 193 Å². The molecule has 2 atom stereocenters. The number of fused-ring (bicyclic) bond motifs is 1. The number of nitrogens with zero attached hydrogens (tertiary/aromatic N) is 5. The first-order valence-electron chi connectivity index (χ1n) is 10.4. The number of likely N-dealkylation sites (tertiary alicyclic amines) is 1. The van der Waals surface area contributed by atoms with Gasteiger partial charge in [0, 0.05) is 31.3 Å². The molecule has 3 heterocycles. The first-order chi connectivity index (χ1) is 14.6. The molecule has 1 saturated heterocycles. The van der Waals surface area contributed by atoms with Crippen molar-refractivity contribution in [1.82, 2.24) is 24.6 Å². The van der Waals surface area contributed by atoms with Crippen LogP contribution in [0.15, 0.2) is 40.2 Å². The molecule has 0 unspecified atom stereocenters. The molecule has 5 rings (SSSR count). The van der Waals surface area contributed by atoms with Crippen LogP contribution in [-0.2, 0) is 12.5 Å². The molecule has 7 nitrogen and oxygen atoms in total. The second-order valence-electron chi connectivity index (χ2n) is 8.36. The third kappa shape index (κ3) is 4.08. The summed E-state index contributed by atoms with van der Waals surface area (Å²) in [7, 11) is 3.72. The van der Waals surface area contributed by atoms with Crippen LogP contribution in [0.4, 0.5) is 0 Å². The highest BCUT2D eigenvalue weighted by molar-refractivity contribution is 7.99. The van der Waals surface area contributed by atoms with Crippen molar-refractivity contribution in [3.05, 3.63) is 41.9 Å². The van der Waals surface area contributed by atoms with Crippen LogP contribution < -0.4 is 4.74 Å². The van der Waals surface area contributed by atoms with Gasteiger partial charge in [-0.2, -0.15) is 0 Å². The molecule has 1 aliphatic heterocycles. The predicted molar refractivity (Wildman–Crippen MR) is 123 cm³/mol. The zero-order valence-electron chi connectivity index (χ0n) is 18.1. The van der Waals surface area contributed by atoms with Gasteiger partial charge in [0.25, 0.3) is 0 Å². The van der Waals surface area contributed by atoms with E-state index in [-0.39, 0.29) is 12.4 Å². The van der Waals surface area contributed by atoms with Crippen molar-refractivity contribution >= 4 is 24.2 Å². The lowest BCUT2D eigenvalue weighted by atomic mass is 9.95. The first-order valence-corrected chi connectivity index (χ1v) is 11.4. The van der Waals surface area contributed by atoms with Gasteiger partial charge in [0.15, 0.2) is 17.3 Å². The lowest BCUT2D eigenvalue weighted by Crippen LogP contribution is -2.27. The van der Waals surface area contributed by atoms with Gasteiger partial charge in [0.05, 0.1) is 12.8 Å². The van der Waals surface area contributed by atoms with Crippen molar-refractivity contribution in [3.63, 3.8) is 0 Å². The molecule has 2 fully saturated rings. The lowest BCUT2D eigenvalue weighted by Gasteiger charge is -2.21. The summed E-state index contributed by atoms with van der Waals surface area (Å²) in [6, 6.07) is 8.64. The molecule has 1 saturated carbocycles. The van der Waals surface area contributed by atoms with Crippen molar-refractivity contribution in [3.8, 4) is 17.3 Å². The van der Waals surface area contributed by atoms with Gasteiger partial charge >= 0.3 is 0 Å². The summed E-state index contributed by atoms with van der Waals surface area (Å²) in [6.45, 7) is 5.41. The quantitative estimate of drug-likeness (QED) is 0.371. The topological polar surface area (TPSA) is 69.2 Å². The Morgan fingerprint density at radius 1 is 1.32 bits per heavy atom. The molecule has 166 valence electrons. The number of aromatic nitrogens is 4. The van der Waals surface area contributed by atoms with E-state index in [1.165, 1.54) is 24.9 Å². The normalized spacial score (nSPS) is 22.2. The molecule has 3 aromatic rings. The molecule has 0 bridgehead atoms. The van der Waals surface area contributed by atoms with E-state index >= 15 is 0 Å². The average Bonchev–Trinajstić information content (AvgIpc) is 3.05. The Bertz CT molecular complexity index is 1050. The van der Waals surface area contributed by atoms with E-state index in [2.05, 4.69) is 38.3 Å². The molecule has 9 heteroatoms. The van der Waals surface area contributed by atoms with Crippen molar-refractivity contribution in [2.24, 2.45) is 13.0 Å². The fourth-order valence-corrected chi connectivity index (χ4v) is 5.58. The summed E-state index contributed by atoms with van der Waals surface area (Å²) in [5.41, 5.74) is 2.63. The van der Waals surface area contributed by atoms with Crippen LogP contribution in [0.1, 0.15) is 24.1 Å². The molecule has 0 amide bonds. The molecule has 31 heavy (non-hydrogen) atoms. The molecule has 0 radical (unpaired) electrons. The van der Waals surface area contributed by atoms with Crippen LogP contribution in [0.25, 0.3) is 11.6 Å². The summed E-state index contributed by atoms with van der Waals surface area (Å²) in [5, 5.41) is 9.53. The zero-order valence-corrected chi connectivity index (χ0v) is 19.7. The number of rotatable bonds is 8. The van der Waals surface area contributed by atoms with Crippen LogP contribution >= 0.6 is 24.2 Å². The number of benzene rings is 1. The number of aryl methyl sites for hydroxylation is 1. The van der Waals surface area contributed by atoms with Gasteiger partial charge in [-0.1, -0.05) is 23.9 Å². The predicted octanol–water partition coefficient (Wildman–Crippen LogP) is 3.96. The smallest absolute Gasteiger partial charge is 0.202 e. The number of thioether (sulfide) groups is 1. The monoisotopic (exact) mass is 461 g/mol. The van der Waals surface area contributed by atoms with Crippen LogP contribution in [0, 0.1) is 12.8 Å².